The van der Waals surface area contributed by atoms with Crippen LogP contribution in [0.5, 0.6) is 0 Å². The van der Waals surface area contributed by atoms with Gasteiger partial charge in [-0.3, -0.25) is 4.79 Å². The molecule has 148 valence electrons. The summed E-state index contributed by atoms with van der Waals surface area (Å²) in [6.07, 6.45) is 1.71. The van der Waals surface area contributed by atoms with Gasteiger partial charge in [0.25, 0.3) is 0 Å². The van der Waals surface area contributed by atoms with E-state index in [0.29, 0.717) is 12.1 Å². The van der Waals surface area contributed by atoms with Gasteiger partial charge in [-0.05, 0) is 44.2 Å². The lowest BCUT2D eigenvalue weighted by Crippen LogP contribution is -2.50. The number of anilines is 1. The third kappa shape index (κ3) is 3.31. The first-order chi connectivity index (χ1) is 12.9. The third-order valence-electron chi connectivity index (χ3n) is 5.89. The molecule has 8 heteroatoms. The van der Waals surface area contributed by atoms with Gasteiger partial charge < -0.3 is 16.0 Å². The summed E-state index contributed by atoms with van der Waals surface area (Å²) in [5.41, 5.74) is 0.579. The highest BCUT2D eigenvalue weighted by molar-refractivity contribution is 8.00. The summed E-state index contributed by atoms with van der Waals surface area (Å²) in [4.78, 5) is 12.4. The van der Waals surface area contributed by atoms with Crippen LogP contribution in [0.25, 0.3) is 0 Å². The Bertz CT molecular complexity index is 760. The van der Waals surface area contributed by atoms with Gasteiger partial charge in [0.05, 0.1) is 17.0 Å². The Hall–Kier alpha value is -1.41. The van der Waals surface area contributed by atoms with Gasteiger partial charge in [-0.25, -0.2) is 13.2 Å². The van der Waals surface area contributed by atoms with Gasteiger partial charge in [-0.2, -0.15) is 0 Å². The lowest BCUT2D eigenvalue weighted by atomic mass is 9.80. The smallest absolute Gasteiger partial charge is 0.224 e. The Morgan fingerprint density at radius 1 is 1.26 bits per heavy atom. The highest BCUT2D eigenvalue weighted by Crippen LogP contribution is 2.46. The SMILES string of the molecule is CC(C)NC(=O)C1CSC2NC(C3CNc4c3cc(F)c(F)c4F)CCC21. The van der Waals surface area contributed by atoms with E-state index >= 15 is 0 Å². The number of benzene rings is 1. The second-order valence-electron chi connectivity index (χ2n) is 7.98. The van der Waals surface area contributed by atoms with Crippen molar-refractivity contribution in [3.05, 3.63) is 29.1 Å². The first-order valence-electron chi connectivity index (χ1n) is 9.46. The van der Waals surface area contributed by atoms with Crippen molar-refractivity contribution < 1.29 is 18.0 Å². The van der Waals surface area contributed by atoms with Crippen LogP contribution >= 0.6 is 11.8 Å². The summed E-state index contributed by atoms with van der Waals surface area (Å²) >= 11 is 1.74. The van der Waals surface area contributed by atoms with Crippen LogP contribution in [0.1, 0.15) is 38.2 Å². The molecular weight excluding hydrogens is 375 g/mol. The molecule has 3 heterocycles. The van der Waals surface area contributed by atoms with E-state index in [1.165, 1.54) is 0 Å². The molecular formula is C19H24F3N3OS. The van der Waals surface area contributed by atoms with E-state index in [-0.39, 0.29) is 46.8 Å². The molecule has 1 amide bonds. The number of nitrogens with one attached hydrogen (secondary N) is 3. The maximum atomic E-state index is 14.0. The third-order valence-corrected chi connectivity index (χ3v) is 7.29. The molecule has 5 atom stereocenters. The summed E-state index contributed by atoms with van der Waals surface area (Å²) in [6.45, 7) is 4.36. The average molecular weight is 399 g/mol. The highest BCUT2D eigenvalue weighted by atomic mass is 32.2. The predicted octanol–water partition coefficient (Wildman–Crippen LogP) is 3.19. The molecule has 27 heavy (non-hydrogen) atoms. The zero-order valence-corrected chi connectivity index (χ0v) is 16.1. The first-order valence-corrected chi connectivity index (χ1v) is 10.5. The summed E-state index contributed by atoms with van der Waals surface area (Å²) in [6, 6.07) is 1.29. The molecule has 3 aliphatic rings. The van der Waals surface area contributed by atoms with E-state index in [4.69, 9.17) is 0 Å². The highest BCUT2D eigenvalue weighted by Gasteiger charge is 2.46. The molecule has 1 aromatic carbocycles. The normalized spacial score (nSPS) is 32.1. The molecule has 5 unspecified atom stereocenters. The van der Waals surface area contributed by atoms with Gasteiger partial charge in [0.1, 0.15) is 0 Å². The van der Waals surface area contributed by atoms with E-state index in [2.05, 4.69) is 16.0 Å². The van der Waals surface area contributed by atoms with Crippen molar-refractivity contribution in [3.63, 3.8) is 0 Å². The quantitative estimate of drug-likeness (QED) is 0.684. The number of rotatable bonds is 3. The molecule has 1 aromatic rings. The van der Waals surface area contributed by atoms with Crippen molar-refractivity contribution >= 4 is 23.4 Å². The van der Waals surface area contributed by atoms with Crippen LogP contribution in [-0.2, 0) is 4.79 Å². The second-order valence-corrected chi connectivity index (χ2v) is 9.15. The lowest BCUT2D eigenvalue weighted by Gasteiger charge is -2.37. The second kappa shape index (κ2) is 7.20. The maximum absolute atomic E-state index is 14.0. The number of halogens is 3. The number of carbonyl (C=O) groups excluding carboxylic acids is 1. The van der Waals surface area contributed by atoms with Crippen LogP contribution < -0.4 is 16.0 Å². The molecule has 3 aliphatic heterocycles. The van der Waals surface area contributed by atoms with Crippen molar-refractivity contribution in [2.45, 2.75) is 50.1 Å². The van der Waals surface area contributed by atoms with Crippen LogP contribution in [0, 0.1) is 29.3 Å². The minimum Gasteiger partial charge on any atom is -0.382 e. The Labute approximate surface area is 161 Å². The van der Waals surface area contributed by atoms with Crippen molar-refractivity contribution in [1.82, 2.24) is 10.6 Å². The van der Waals surface area contributed by atoms with E-state index in [0.717, 1.165) is 24.7 Å². The molecule has 2 fully saturated rings. The Kier molecular flexibility index (Phi) is 5.05. The van der Waals surface area contributed by atoms with Gasteiger partial charge in [-0.1, -0.05) is 0 Å². The molecule has 0 radical (unpaired) electrons. The van der Waals surface area contributed by atoms with Crippen LogP contribution in [-0.4, -0.2) is 35.7 Å². The van der Waals surface area contributed by atoms with E-state index in [1.54, 1.807) is 11.8 Å². The van der Waals surface area contributed by atoms with Gasteiger partial charge >= 0.3 is 0 Å². The van der Waals surface area contributed by atoms with Crippen molar-refractivity contribution in [2.24, 2.45) is 11.8 Å². The van der Waals surface area contributed by atoms with Crippen molar-refractivity contribution in [3.8, 4) is 0 Å². The van der Waals surface area contributed by atoms with Crippen LogP contribution in [0.2, 0.25) is 0 Å². The Morgan fingerprint density at radius 3 is 2.78 bits per heavy atom. The van der Waals surface area contributed by atoms with Gasteiger partial charge in [0.2, 0.25) is 5.91 Å². The number of carbonyl (C=O) groups is 1. The number of hydrogen-bond acceptors (Lipinski definition) is 4. The summed E-state index contributed by atoms with van der Waals surface area (Å²) < 4.78 is 41.2. The van der Waals surface area contributed by atoms with Crippen molar-refractivity contribution in [1.29, 1.82) is 0 Å². The largest absolute Gasteiger partial charge is 0.382 e. The van der Waals surface area contributed by atoms with E-state index in [9.17, 15) is 18.0 Å². The van der Waals surface area contributed by atoms with E-state index in [1.807, 2.05) is 13.8 Å². The summed E-state index contributed by atoms with van der Waals surface area (Å²) in [7, 11) is 0. The molecule has 2 saturated heterocycles. The number of piperidine rings is 1. The van der Waals surface area contributed by atoms with Crippen LogP contribution in [0.4, 0.5) is 18.9 Å². The minimum atomic E-state index is -1.43. The topological polar surface area (TPSA) is 53.2 Å². The lowest BCUT2D eigenvalue weighted by molar-refractivity contribution is -0.126. The Balaban J connectivity index is 1.48. The fraction of sp³-hybridized carbons (Fsp3) is 0.632. The fourth-order valence-corrected chi connectivity index (χ4v) is 6.26. The number of hydrogen-bond donors (Lipinski definition) is 3. The molecule has 4 nitrogen and oxygen atoms in total. The zero-order valence-electron chi connectivity index (χ0n) is 15.3. The molecule has 0 bridgehead atoms. The maximum Gasteiger partial charge on any atom is 0.224 e. The number of amides is 1. The summed E-state index contributed by atoms with van der Waals surface area (Å²) in [5.74, 6) is -2.68. The molecule has 0 saturated carbocycles. The monoisotopic (exact) mass is 399 g/mol. The standard InChI is InChI=1S/C19H24F3N3OS/c1-8(2)24-18(26)12-7-27-19-9(12)3-4-14(25-19)11-6-23-17-10(11)5-13(20)15(21)16(17)22/h5,8-9,11-12,14,19,23,25H,3-4,6-7H2,1-2H3,(H,24,26). The molecule has 4 rings (SSSR count). The number of thioether (sulfide) groups is 1. The molecule has 0 aromatic heterocycles. The average Bonchev–Trinajstić information content (AvgIpc) is 3.22. The minimum absolute atomic E-state index is 0.00572. The van der Waals surface area contributed by atoms with Crippen molar-refractivity contribution in [2.75, 3.05) is 17.6 Å². The fourth-order valence-electron chi connectivity index (χ4n) is 4.60. The zero-order chi connectivity index (χ0) is 19.3. The van der Waals surface area contributed by atoms with Gasteiger partial charge in [-0.15, -0.1) is 11.8 Å². The molecule has 0 spiro atoms. The van der Waals surface area contributed by atoms with E-state index < -0.39 is 17.5 Å². The first kappa shape index (κ1) is 18.9. The van der Waals surface area contributed by atoms with Gasteiger partial charge in [0.15, 0.2) is 17.5 Å². The molecule has 3 N–H and O–H groups in total. The molecule has 0 aliphatic carbocycles. The predicted molar refractivity (Wildman–Crippen MR) is 100 cm³/mol. The van der Waals surface area contributed by atoms with Crippen LogP contribution in [0.3, 0.4) is 0 Å². The van der Waals surface area contributed by atoms with Gasteiger partial charge in [0, 0.05) is 30.3 Å². The Morgan fingerprint density at radius 2 is 2.04 bits per heavy atom. The number of fused-ring (bicyclic) bond motifs is 2. The summed E-state index contributed by atoms with van der Waals surface area (Å²) in [5, 5.41) is 9.66. The van der Waals surface area contributed by atoms with Crippen LogP contribution in [0.15, 0.2) is 6.07 Å².